The van der Waals surface area contributed by atoms with E-state index in [0.29, 0.717) is 12.1 Å². The zero-order chi connectivity index (χ0) is 13.9. The van der Waals surface area contributed by atoms with Gasteiger partial charge in [0.2, 0.25) is 0 Å². The van der Waals surface area contributed by atoms with Gasteiger partial charge in [-0.05, 0) is 30.3 Å². The molecule has 0 aliphatic heterocycles. The van der Waals surface area contributed by atoms with Gasteiger partial charge >= 0.3 is 0 Å². The number of hydrogen-bond acceptors (Lipinski definition) is 3. The molecule has 1 aromatic heterocycles. The molecule has 0 radical (unpaired) electrons. The van der Waals surface area contributed by atoms with E-state index in [1.165, 1.54) is 29.5 Å². The van der Waals surface area contributed by atoms with Crippen LogP contribution in [-0.4, -0.2) is 10.9 Å². The van der Waals surface area contributed by atoms with E-state index >= 15 is 0 Å². The topological polar surface area (TPSA) is 42.0 Å². The highest BCUT2D eigenvalue weighted by Crippen LogP contribution is 2.21. The molecular formula is C15H11FN2OS. The smallest absolute Gasteiger partial charge is 0.251 e. The monoisotopic (exact) mass is 286 g/mol. The van der Waals surface area contributed by atoms with Crippen LogP contribution in [0.25, 0.3) is 10.2 Å². The maximum Gasteiger partial charge on any atom is 0.251 e. The maximum absolute atomic E-state index is 13.0. The average Bonchev–Trinajstić information content (AvgIpc) is 2.87. The number of amides is 1. The van der Waals surface area contributed by atoms with Crippen molar-refractivity contribution in [2.24, 2.45) is 0 Å². The van der Waals surface area contributed by atoms with Gasteiger partial charge in [-0.15, -0.1) is 11.3 Å². The fourth-order valence-electron chi connectivity index (χ4n) is 1.88. The van der Waals surface area contributed by atoms with Crippen LogP contribution < -0.4 is 5.32 Å². The van der Waals surface area contributed by atoms with Gasteiger partial charge in [-0.3, -0.25) is 4.79 Å². The number of nitrogens with zero attached hydrogens (tertiary/aromatic N) is 1. The van der Waals surface area contributed by atoms with Gasteiger partial charge < -0.3 is 5.32 Å². The van der Waals surface area contributed by atoms with E-state index in [9.17, 15) is 9.18 Å². The largest absolute Gasteiger partial charge is 0.346 e. The predicted octanol–water partition coefficient (Wildman–Crippen LogP) is 3.37. The van der Waals surface area contributed by atoms with Crippen LogP contribution in [0.3, 0.4) is 0 Å². The summed E-state index contributed by atoms with van der Waals surface area (Å²) in [6.45, 7) is 0.342. The number of fused-ring (bicyclic) bond motifs is 1. The summed E-state index contributed by atoms with van der Waals surface area (Å²) < 4.78 is 14.1. The SMILES string of the molecule is O=C(NCc1nc2ccccc2s1)c1cccc(F)c1. The number of hydrogen-bond donors (Lipinski definition) is 1. The Hall–Kier alpha value is -2.27. The minimum Gasteiger partial charge on any atom is -0.346 e. The molecule has 0 bridgehead atoms. The first-order valence-corrected chi connectivity index (χ1v) is 6.92. The number of nitrogens with one attached hydrogen (secondary N) is 1. The molecule has 3 rings (SSSR count). The summed E-state index contributed by atoms with van der Waals surface area (Å²) in [5.41, 5.74) is 1.23. The van der Waals surface area contributed by atoms with E-state index in [0.717, 1.165) is 15.2 Å². The fraction of sp³-hybridized carbons (Fsp3) is 0.0667. The van der Waals surface area contributed by atoms with Crippen molar-refractivity contribution in [3.8, 4) is 0 Å². The van der Waals surface area contributed by atoms with E-state index in [-0.39, 0.29) is 5.91 Å². The first-order chi connectivity index (χ1) is 9.72. The van der Waals surface area contributed by atoms with Crippen molar-refractivity contribution >= 4 is 27.5 Å². The van der Waals surface area contributed by atoms with E-state index in [1.54, 1.807) is 6.07 Å². The summed E-state index contributed by atoms with van der Waals surface area (Å²) in [6, 6.07) is 13.4. The van der Waals surface area contributed by atoms with E-state index in [2.05, 4.69) is 10.3 Å². The van der Waals surface area contributed by atoms with E-state index in [4.69, 9.17) is 0 Å². The number of benzene rings is 2. The van der Waals surface area contributed by atoms with Crippen LogP contribution in [-0.2, 0) is 6.54 Å². The highest BCUT2D eigenvalue weighted by Gasteiger charge is 2.08. The van der Waals surface area contributed by atoms with Crippen molar-refractivity contribution in [1.29, 1.82) is 0 Å². The van der Waals surface area contributed by atoms with Crippen molar-refractivity contribution in [2.45, 2.75) is 6.54 Å². The predicted molar refractivity (Wildman–Crippen MR) is 77.2 cm³/mol. The van der Waals surface area contributed by atoms with Crippen molar-refractivity contribution in [3.05, 3.63) is 64.9 Å². The number of thiazole rings is 1. The second-order valence-electron chi connectivity index (χ2n) is 4.27. The molecule has 1 heterocycles. The van der Waals surface area contributed by atoms with E-state index < -0.39 is 5.82 Å². The lowest BCUT2D eigenvalue weighted by atomic mass is 10.2. The number of halogens is 1. The van der Waals surface area contributed by atoms with Crippen molar-refractivity contribution < 1.29 is 9.18 Å². The molecule has 1 N–H and O–H groups in total. The molecule has 3 nitrogen and oxygen atoms in total. The second-order valence-corrected chi connectivity index (χ2v) is 5.38. The third-order valence-corrected chi connectivity index (χ3v) is 3.86. The lowest BCUT2D eigenvalue weighted by Gasteiger charge is -2.02. The number of para-hydroxylation sites is 1. The van der Waals surface area contributed by atoms with Gasteiger partial charge in [-0.2, -0.15) is 0 Å². The third kappa shape index (κ3) is 2.67. The van der Waals surface area contributed by atoms with Gasteiger partial charge in [0.05, 0.1) is 16.8 Å². The second kappa shape index (κ2) is 5.38. The highest BCUT2D eigenvalue weighted by molar-refractivity contribution is 7.18. The van der Waals surface area contributed by atoms with Gasteiger partial charge in [0, 0.05) is 5.56 Å². The first-order valence-electron chi connectivity index (χ1n) is 6.10. The van der Waals surface area contributed by atoms with Crippen LogP contribution in [0, 0.1) is 5.82 Å². The van der Waals surface area contributed by atoms with Gasteiger partial charge in [-0.25, -0.2) is 9.37 Å². The lowest BCUT2D eigenvalue weighted by Crippen LogP contribution is -2.22. The van der Waals surface area contributed by atoms with Gasteiger partial charge in [0.15, 0.2) is 0 Å². The molecule has 0 fully saturated rings. The molecule has 0 aliphatic rings. The van der Waals surface area contributed by atoms with E-state index in [1.807, 2.05) is 24.3 Å². The van der Waals surface area contributed by atoms with Crippen LogP contribution in [0.15, 0.2) is 48.5 Å². The zero-order valence-electron chi connectivity index (χ0n) is 10.5. The lowest BCUT2D eigenvalue weighted by molar-refractivity contribution is 0.0950. The number of aromatic nitrogens is 1. The normalized spacial score (nSPS) is 10.7. The molecule has 100 valence electrons. The minimum atomic E-state index is -0.419. The number of carbonyl (C=O) groups excluding carboxylic acids is 1. The number of carbonyl (C=O) groups is 1. The molecule has 2 aromatic carbocycles. The molecule has 1 amide bonds. The van der Waals surface area contributed by atoms with Gasteiger partial charge in [-0.1, -0.05) is 18.2 Å². The Bertz CT molecular complexity index is 736. The fourth-order valence-corrected chi connectivity index (χ4v) is 2.79. The molecule has 3 aromatic rings. The van der Waals surface area contributed by atoms with Gasteiger partial charge in [0.1, 0.15) is 10.8 Å². The summed E-state index contributed by atoms with van der Waals surface area (Å²) in [7, 11) is 0. The van der Waals surface area contributed by atoms with Crippen molar-refractivity contribution in [2.75, 3.05) is 0 Å². The molecule has 0 spiro atoms. The summed E-state index contributed by atoms with van der Waals surface area (Å²) in [5, 5.41) is 3.58. The molecular weight excluding hydrogens is 275 g/mol. The zero-order valence-corrected chi connectivity index (χ0v) is 11.3. The molecule has 0 saturated heterocycles. The maximum atomic E-state index is 13.0. The third-order valence-electron chi connectivity index (χ3n) is 2.83. The van der Waals surface area contributed by atoms with Crippen molar-refractivity contribution in [3.63, 3.8) is 0 Å². The minimum absolute atomic E-state index is 0.302. The molecule has 0 atom stereocenters. The highest BCUT2D eigenvalue weighted by atomic mass is 32.1. The Labute approximate surface area is 119 Å². The summed E-state index contributed by atoms with van der Waals surface area (Å²) in [4.78, 5) is 16.3. The molecule has 0 saturated carbocycles. The summed E-state index contributed by atoms with van der Waals surface area (Å²) in [6.07, 6.45) is 0. The first kappa shape index (κ1) is 12.7. The Morgan fingerprint density at radius 2 is 2.05 bits per heavy atom. The Morgan fingerprint density at radius 1 is 1.20 bits per heavy atom. The Balaban J connectivity index is 1.71. The quantitative estimate of drug-likeness (QED) is 0.802. The van der Waals surface area contributed by atoms with Crippen molar-refractivity contribution in [1.82, 2.24) is 10.3 Å². The molecule has 20 heavy (non-hydrogen) atoms. The molecule has 5 heteroatoms. The van der Waals surface area contributed by atoms with Crippen LogP contribution in [0.2, 0.25) is 0 Å². The van der Waals surface area contributed by atoms with Crippen LogP contribution in [0.1, 0.15) is 15.4 Å². The molecule has 0 unspecified atom stereocenters. The summed E-state index contributed by atoms with van der Waals surface area (Å²) >= 11 is 1.54. The average molecular weight is 286 g/mol. The Kier molecular flexibility index (Phi) is 3.43. The van der Waals surface area contributed by atoms with Crippen LogP contribution >= 0.6 is 11.3 Å². The van der Waals surface area contributed by atoms with Gasteiger partial charge in [0.25, 0.3) is 5.91 Å². The summed E-state index contributed by atoms with van der Waals surface area (Å²) in [5.74, 6) is -0.721. The van der Waals surface area contributed by atoms with Crippen LogP contribution in [0.4, 0.5) is 4.39 Å². The number of rotatable bonds is 3. The standard InChI is InChI=1S/C15H11FN2OS/c16-11-5-3-4-10(8-11)15(19)17-9-14-18-12-6-1-2-7-13(12)20-14/h1-8H,9H2,(H,17,19). The Morgan fingerprint density at radius 3 is 2.85 bits per heavy atom. The van der Waals surface area contributed by atoms with Crippen LogP contribution in [0.5, 0.6) is 0 Å². The molecule has 0 aliphatic carbocycles.